The number of H-pyrrole nitrogens is 1. The van der Waals surface area contributed by atoms with E-state index in [1.165, 1.54) is 0 Å². The van der Waals surface area contributed by atoms with Crippen LogP contribution in [-0.2, 0) is 13.1 Å². The third kappa shape index (κ3) is 3.65. The Kier molecular flexibility index (Phi) is 5.26. The van der Waals surface area contributed by atoms with Crippen LogP contribution in [0, 0.1) is 6.92 Å². The summed E-state index contributed by atoms with van der Waals surface area (Å²) in [5.41, 5.74) is 3.25. The fourth-order valence-corrected chi connectivity index (χ4v) is 2.28. The number of rotatable bonds is 7. The molecule has 2 aromatic heterocycles. The van der Waals surface area contributed by atoms with Crippen molar-refractivity contribution in [3.8, 4) is 0 Å². The Balaban J connectivity index is 2.14. The number of hydrogen-bond acceptors (Lipinski definition) is 4. The molecular weight excluding hydrogens is 252 g/mol. The molecule has 0 spiro atoms. The maximum atomic E-state index is 9.59. The van der Waals surface area contributed by atoms with Gasteiger partial charge in [0.25, 0.3) is 0 Å². The minimum absolute atomic E-state index is 0.131. The van der Waals surface area contributed by atoms with Gasteiger partial charge in [0.05, 0.1) is 18.6 Å². The first-order valence-electron chi connectivity index (χ1n) is 6.97. The molecule has 2 aromatic rings. The first-order valence-corrected chi connectivity index (χ1v) is 6.97. The van der Waals surface area contributed by atoms with Crippen molar-refractivity contribution in [1.82, 2.24) is 19.9 Å². The minimum Gasteiger partial charge on any atom is -0.395 e. The first kappa shape index (κ1) is 14.7. The summed E-state index contributed by atoms with van der Waals surface area (Å²) in [5, 5.41) is 9.59. The van der Waals surface area contributed by atoms with E-state index in [0.29, 0.717) is 0 Å². The molecule has 0 aromatic carbocycles. The van der Waals surface area contributed by atoms with E-state index in [4.69, 9.17) is 0 Å². The number of nitrogens with zero attached hydrogens (tertiary/aromatic N) is 3. The zero-order valence-corrected chi connectivity index (χ0v) is 12.1. The largest absolute Gasteiger partial charge is 0.395 e. The van der Waals surface area contributed by atoms with E-state index >= 15 is 0 Å². The van der Waals surface area contributed by atoms with Gasteiger partial charge in [-0.25, -0.2) is 4.98 Å². The third-order valence-electron chi connectivity index (χ3n) is 3.59. The smallest absolute Gasteiger partial charge is 0.0925 e. The molecule has 0 saturated heterocycles. The van der Waals surface area contributed by atoms with Crippen molar-refractivity contribution in [2.45, 2.75) is 39.4 Å². The van der Waals surface area contributed by atoms with E-state index in [1.807, 2.05) is 19.2 Å². The Bertz CT molecular complexity index is 508. The van der Waals surface area contributed by atoms with Crippen LogP contribution in [0.4, 0.5) is 0 Å². The zero-order valence-electron chi connectivity index (χ0n) is 12.1. The highest BCUT2D eigenvalue weighted by molar-refractivity contribution is 5.11. The molecule has 5 nitrogen and oxygen atoms in total. The SMILES string of the molecule is CC[C@@H](CO)N(Cc1cccnc1)Cc1nc[nH]c1C. The van der Waals surface area contributed by atoms with Crippen molar-refractivity contribution in [2.75, 3.05) is 6.61 Å². The van der Waals surface area contributed by atoms with Gasteiger partial charge in [-0.15, -0.1) is 0 Å². The van der Waals surface area contributed by atoms with E-state index in [2.05, 4.69) is 32.8 Å². The molecule has 0 bridgehead atoms. The molecule has 0 aliphatic rings. The van der Waals surface area contributed by atoms with Crippen LogP contribution < -0.4 is 0 Å². The first-order chi connectivity index (χ1) is 9.74. The standard InChI is InChI=1S/C15H22N4O/c1-3-14(10-20)19(8-13-5-4-6-16-7-13)9-15-12(2)17-11-18-15/h4-7,11,14,20H,3,8-10H2,1-2H3,(H,17,18)/t14-/m0/s1. The maximum absolute atomic E-state index is 9.59. The highest BCUT2D eigenvalue weighted by Crippen LogP contribution is 2.15. The molecule has 108 valence electrons. The Morgan fingerprint density at radius 3 is 2.80 bits per heavy atom. The van der Waals surface area contributed by atoms with Crippen LogP contribution in [0.5, 0.6) is 0 Å². The van der Waals surface area contributed by atoms with Crippen molar-refractivity contribution in [1.29, 1.82) is 0 Å². The number of aliphatic hydroxyl groups excluding tert-OH is 1. The van der Waals surface area contributed by atoms with Gasteiger partial charge in [0.1, 0.15) is 0 Å². The lowest BCUT2D eigenvalue weighted by Crippen LogP contribution is -2.36. The van der Waals surface area contributed by atoms with E-state index in [1.54, 1.807) is 12.5 Å². The zero-order chi connectivity index (χ0) is 14.4. The second-order valence-corrected chi connectivity index (χ2v) is 4.99. The lowest BCUT2D eigenvalue weighted by molar-refractivity contribution is 0.105. The van der Waals surface area contributed by atoms with Crippen LogP contribution in [0.1, 0.15) is 30.3 Å². The molecule has 5 heteroatoms. The Hall–Kier alpha value is -1.72. The van der Waals surface area contributed by atoms with Gasteiger partial charge in [-0.1, -0.05) is 13.0 Å². The summed E-state index contributed by atoms with van der Waals surface area (Å²) in [6.07, 6.45) is 6.26. The highest BCUT2D eigenvalue weighted by Gasteiger charge is 2.18. The molecule has 20 heavy (non-hydrogen) atoms. The summed E-state index contributed by atoms with van der Waals surface area (Å²) in [6.45, 7) is 5.75. The summed E-state index contributed by atoms with van der Waals surface area (Å²) >= 11 is 0. The lowest BCUT2D eigenvalue weighted by atomic mass is 10.1. The van der Waals surface area contributed by atoms with E-state index < -0.39 is 0 Å². The van der Waals surface area contributed by atoms with Gasteiger partial charge >= 0.3 is 0 Å². The van der Waals surface area contributed by atoms with Gasteiger partial charge in [-0.2, -0.15) is 0 Å². The lowest BCUT2D eigenvalue weighted by Gasteiger charge is -2.29. The number of aromatic amines is 1. The second kappa shape index (κ2) is 7.17. The summed E-state index contributed by atoms with van der Waals surface area (Å²) in [4.78, 5) is 13.9. The van der Waals surface area contributed by atoms with Crippen molar-refractivity contribution < 1.29 is 5.11 Å². The van der Waals surface area contributed by atoms with E-state index in [0.717, 1.165) is 36.5 Å². The highest BCUT2D eigenvalue weighted by atomic mass is 16.3. The summed E-state index contributed by atoms with van der Waals surface area (Å²) in [7, 11) is 0. The normalized spacial score (nSPS) is 12.8. The molecular formula is C15H22N4O. The predicted octanol–water partition coefficient (Wildman–Crippen LogP) is 1.89. The van der Waals surface area contributed by atoms with Crippen LogP contribution in [0.15, 0.2) is 30.9 Å². The fourth-order valence-electron chi connectivity index (χ4n) is 2.28. The number of nitrogens with one attached hydrogen (secondary N) is 1. The van der Waals surface area contributed by atoms with Crippen LogP contribution >= 0.6 is 0 Å². The van der Waals surface area contributed by atoms with Gasteiger partial charge < -0.3 is 10.1 Å². The third-order valence-corrected chi connectivity index (χ3v) is 3.59. The molecule has 0 saturated carbocycles. The van der Waals surface area contributed by atoms with Gasteiger partial charge in [-0.05, 0) is 25.0 Å². The molecule has 2 rings (SSSR count). The molecule has 2 N–H and O–H groups in total. The van der Waals surface area contributed by atoms with Crippen molar-refractivity contribution in [3.05, 3.63) is 47.8 Å². The van der Waals surface area contributed by atoms with Crippen molar-refractivity contribution in [3.63, 3.8) is 0 Å². The molecule has 2 heterocycles. The monoisotopic (exact) mass is 274 g/mol. The van der Waals surface area contributed by atoms with Gasteiger partial charge in [0.2, 0.25) is 0 Å². The quantitative estimate of drug-likeness (QED) is 0.809. The average molecular weight is 274 g/mol. The Morgan fingerprint density at radius 2 is 2.25 bits per heavy atom. The summed E-state index contributed by atoms with van der Waals surface area (Å²) in [5.74, 6) is 0. The number of aromatic nitrogens is 3. The molecule has 0 amide bonds. The van der Waals surface area contributed by atoms with Gasteiger partial charge in [0.15, 0.2) is 0 Å². The van der Waals surface area contributed by atoms with Gasteiger partial charge in [-0.3, -0.25) is 9.88 Å². The van der Waals surface area contributed by atoms with Crippen LogP contribution in [0.2, 0.25) is 0 Å². The summed E-state index contributed by atoms with van der Waals surface area (Å²) < 4.78 is 0. The molecule has 0 aliphatic carbocycles. The number of hydrogen-bond donors (Lipinski definition) is 2. The molecule has 1 atom stereocenters. The van der Waals surface area contributed by atoms with Crippen LogP contribution in [0.25, 0.3) is 0 Å². The molecule has 0 fully saturated rings. The molecule has 0 unspecified atom stereocenters. The van der Waals surface area contributed by atoms with Crippen molar-refractivity contribution >= 4 is 0 Å². The summed E-state index contributed by atoms with van der Waals surface area (Å²) in [6, 6.07) is 4.13. The Morgan fingerprint density at radius 1 is 1.40 bits per heavy atom. The number of pyridine rings is 1. The maximum Gasteiger partial charge on any atom is 0.0925 e. The number of imidazole rings is 1. The Labute approximate surface area is 119 Å². The predicted molar refractivity (Wildman–Crippen MR) is 78.0 cm³/mol. The number of aryl methyl sites for hydroxylation is 1. The van der Waals surface area contributed by atoms with Crippen LogP contribution in [-0.4, -0.2) is 37.6 Å². The van der Waals surface area contributed by atoms with Crippen molar-refractivity contribution in [2.24, 2.45) is 0 Å². The van der Waals surface area contributed by atoms with E-state index in [-0.39, 0.29) is 12.6 Å². The van der Waals surface area contributed by atoms with Crippen LogP contribution in [0.3, 0.4) is 0 Å². The average Bonchev–Trinajstić information content (AvgIpc) is 2.87. The molecule has 0 aliphatic heterocycles. The topological polar surface area (TPSA) is 65.0 Å². The molecule has 0 radical (unpaired) electrons. The fraction of sp³-hybridized carbons (Fsp3) is 0.467. The second-order valence-electron chi connectivity index (χ2n) is 4.99. The minimum atomic E-state index is 0.131. The van der Waals surface area contributed by atoms with Gasteiger partial charge in [0, 0.05) is 37.2 Å². The number of aliphatic hydroxyl groups is 1. The van der Waals surface area contributed by atoms with E-state index in [9.17, 15) is 5.11 Å².